The number of benzene rings is 1. The smallest absolute Gasteiger partial charge is 0.235 e. The zero-order valence-electron chi connectivity index (χ0n) is 11.3. The van der Waals surface area contributed by atoms with Crippen molar-refractivity contribution in [2.45, 2.75) is 20.3 Å². The fourth-order valence-electron chi connectivity index (χ4n) is 1.86. The highest BCUT2D eigenvalue weighted by Gasteiger charge is 2.20. The Morgan fingerprint density at radius 2 is 2.06 bits per heavy atom. The Morgan fingerprint density at radius 1 is 1.33 bits per heavy atom. The first-order valence-corrected chi connectivity index (χ1v) is 7.84. The molecule has 0 bridgehead atoms. The average molecular weight is 270 g/mol. The monoisotopic (exact) mass is 270 g/mol. The maximum Gasteiger partial charge on any atom is 0.235 e. The lowest BCUT2D eigenvalue weighted by Crippen LogP contribution is -2.33. The fraction of sp³-hybridized carbons (Fsp3) is 0.538. The minimum atomic E-state index is -3.22. The molecule has 1 N–H and O–H groups in total. The highest BCUT2D eigenvalue weighted by molar-refractivity contribution is 7.92. The minimum Gasteiger partial charge on any atom is -0.320 e. The summed E-state index contributed by atoms with van der Waals surface area (Å²) in [7, 11) is -1.40. The van der Waals surface area contributed by atoms with Gasteiger partial charge in [0.2, 0.25) is 10.0 Å². The van der Waals surface area contributed by atoms with Crippen LogP contribution in [0.5, 0.6) is 0 Å². The van der Waals surface area contributed by atoms with Gasteiger partial charge in [-0.1, -0.05) is 12.1 Å². The Labute approximate surface area is 110 Å². The van der Waals surface area contributed by atoms with Gasteiger partial charge in [0.25, 0.3) is 0 Å². The zero-order valence-corrected chi connectivity index (χ0v) is 12.1. The average Bonchev–Trinajstić information content (AvgIpc) is 2.29. The van der Waals surface area contributed by atoms with Crippen molar-refractivity contribution in [2.75, 3.05) is 30.2 Å². The summed E-state index contributed by atoms with van der Waals surface area (Å²) in [6, 6.07) is 7.59. The molecule has 1 aromatic rings. The lowest BCUT2D eigenvalue weighted by Gasteiger charge is -2.23. The summed E-state index contributed by atoms with van der Waals surface area (Å²) in [4.78, 5) is 0. The summed E-state index contributed by atoms with van der Waals surface area (Å²) in [5.41, 5.74) is 1.82. The Hall–Kier alpha value is -1.07. The molecule has 0 aliphatic carbocycles. The second-order valence-corrected chi connectivity index (χ2v) is 6.29. The van der Waals surface area contributed by atoms with Gasteiger partial charge in [-0.25, -0.2) is 8.42 Å². The van der Waals surface area contributed by atoms with E-state index in [1.165, 1.54) is 4.31 Å². The van der Waals surface area contributed by atoms with Crippen molar-refractivity contribution in [2.24, 2.45) is 0 Å². The minimum absolute atomic E-state index is 0.176. The van der Waals surface area contributed by atoms with E-state index in [4.69, 9.17) is 0 Å². The van der Waals surface area contributed by atoms with Crippen LogP contribution in [0.2, 0.25) is 0 Å². The molecule has 0 saturated heterocycles. The highest BCUT2D eigenvalue weighted by atomic mass is 32.2. The summed E-state index contributed by atoms with van der Waals surface area (Å²) >= 11 is 0. The molecule has 18 heavy (non-hydrogen) atoms. The molecule has 0 saturated carbocycles. The molecule has 1 aromatic carbocycles. The molecule has 0 spiro atoms. The van der Waals surface area contributed by atoms with Crippen LogP contribution in [0.25, 0.3) is 0 Å². The van der Waals surface area contributed by atoms with Crippen LogP contribution >= 0.6 is 0 Å². The quantitative estimate of drug-likeness (QED) is 0.768. The zero-order chi connectivity index (χ0) is 13.6. The van der Waals surface area contributed by atoms with Crippen molar-refractivity contribution < 1.29 is 8.42 Å². The SMILES string of the molecule is CCN(c1cccc(C)c1)S(=O)(=O)CCCNC. The first-order chi connectivity index (χ1) is 8.51. The molecule has 1 rings (SSSR count). The Morgan fingerprint density at radius 3 is 2.61 bits per heavy atom. The van der Waals surface area contributed by atoms with E-state index in [2.05, 4.69) is 5.32 Å². The molecule has 5 heteroatoms. The standard InChI is InChI=1S/C13H22N2O2S/c1-4-15(13-8-5-7-12(2)11-13)18(16,17)10-6-9-14-3/h5,7-8,11,14H,4,6,9-10H2,1-3H3. The van der Waals surface area contributed by atoms with Crippen LogP contribution in [0.3, 0.4) is 0 Å². The molecular weight excluding hydrogens is 248 g/mol. The number of nitrogens with zero attached hydrogens (tertiary/aromatic N) is 1. The van der Waals surface area contributed by atoms with Crippen LogP contribution in [0.4, 0.5) is 5.69 Å². The van der Waals surface area contributed by atoms with Gasteiger partial charge in [-0.3, -0.25) is 4.31 Å². The Balaban J connectivity index is 2.88. The number of hydrogen-bond acceptors (Lipinski definition) is 3. The fourth-order valence-corrected chi connectivity index (χ4v) is 3.42. The van der Waals surface area contributed by atoms with Gasteiger partial charge in [0.15, 0.2) is 0 Å². The second-order valence-electron chi connectivity index (χ2n) is 4.28. The van der Waals surface area contributed by atoms with Gasteiger partial charge in [0.05, 0.1) is 11.4 Å². The van der Waals surface area contributed by atoms with Crippen LogP contribution in [-0.2, 0) is 10.0 Å². The molecule has 102 valence electrons. The Kier molecular flexibility index (Phi) is 5.62. The van der Waals surface area contributed by atoms with Crippen molar-refractivity contribution in [3.63, 3.8) is 0 Å². The Bertz CT molecular complexity index is 472. The molecule has 0 aliphatic rings. The number of hydrogen-bond donors (Lipinski definition) is 1. The molecule has 0 atom stereocenters. The van der Waals surface area contributed by atoms with E-state index in [1.54, 1.807) is 0 Å². The third kappa shape index (κ3) is 3.99. The van der Waals surface area contributed by atoms with Crippen molar-refractivity contribution in [1.29, 1.82) is 0 Å². The van der Waals surface area contributed by atoms with E-state index >= 15 is 0 Å². The van der Waals surface area contributed by atoms with Crippen molar-refractivity contribution in [1.82, 2.24) is 5.32 Å². The molecular formula is C13H22N2O2S. The lowest BCUT2D eigenvalue weighted by molar-refractivity contribution is 0.587. The largest absolute Gasteiger partial charge is 0.320 e. The second kappa shape index (κ2) is 6.75. The maximum absolute atomic E-state index is 12.2. The molecule has 4 nitrogen and oxygen atoms in total. The number of anilines is 1. The first-order valence-electron chi connectivity index (χ1n) is 6.23. The number of rotatable bonds is 7. The van der Waals surface area contributed by atoms with E-state index in [0.29, 0.717) is 19.5 Å². The van der Waals surface area contributed by atoms with Crippen molar-refractivity contribution in [3.05, 3.63) is 29.8 Å². The van der Waals surface area contributed by atoms with E-state index in [0.717, 1.165) is 11.3 Å². The van der Waals surface area contributed by atoms with Crippen molar-refractivity contribution >= 4 is 15.7 Å². The summed E-state index contributed by atoms with van der Waals surface area (Å²) in [5, 5.41) is 2.96. The number of nitrogens with one attached hydrogen (secondary N) is 1. The number of aryl methyl sites for hydroxylation is 1. The predicted molar refractivity (Wildman–Crippen MR) is 76.5 cm³/mol. The summed E-state index contributed by atoms with van der Waals surface area (Å²) in [5.74, 6) is 0.176. The molecule has 0 aromatic heterocycles. The van der Waals surface area contributed by atoms with Gasteiger partial charge in [-0.15, -0.1) is 0 Å². The van der Waals surface area contributed by atoms with Gasteiger partial charge in [0.1, 0.15) is 0 Å². The van der Waals surface area contributed by atoms with Crippen LogP contribution in [0, 0.1) is 6.92 Å². The summed E-state index contributed by atoms with van der Waals surface area (Å²) in [6.45, 7) is 5.00. The van der Waals surface area contributed by atoms with Gasteiger partial charge in [-0.05, 0) is 51.6 Å². The van der Waals surface area contributed by atoms with E-state index < -0.39 is 10.0 Å². The number of sulfonamides is 1. The topological polar surface area (TPSA) is 49.4 Å². The third-order valence-corrected chi connectivity index (χ3v) is 4.69. The van der Waals surface area contributed by atoms with Gasteiger partial charge in [-0.2, -0.15) is 0 Å². The predicted octanol–water partition coefficient (Wildman–Crippen LogP) is 1.76. The van der Waals surface area contributed by atoms with Crippen LogP contribution in [-0.4, -0.2) is 34.3 Å². The summed E-state index contributed by atoms with van der Waals surface area (Å²) in [6.07, 6.45) is 0.626. The third-order valence-electron chi connectivity index (χ3n) is 2.74. The normalized spacial score (nSPS) is 11.5. The van der Waals surface area contributed by atoms with Gasteiger partial charge >= 0.3 is 0 Å². The van der Waals surface area contributed by atoms with Crippen LogP contribution in [0.1, 0.15) is 18.9 Å². The van der Waals surface area contributed by atoms with E-state index in [9.17, 15) is 8.42 Å². The van der Waals surface area contributed by atoms with E-state index in [-0.39, 0.29) is 5.75 Å². The van der Waals surface area contributed by atoms with Crippen molar-refractivity contribution in [3.8, 4) is 0 Å². The first kappa shape index (κ1) is 15.0. The molecule has 0 radical (unpaired) electrons. The molecule has 0 heterocycles. The molecule has 0 fully saturated rings. The highest BCUT2D eigenvalue weighted by Crippen LogP contribution is 2.19. The van der Waals surface area contributed by atoms with Gasteiger partial charge in [0, 0.05) is 6.54 Å². The summed E-state index contributed by atoms with van der Waals surface area (Å²) < 4.78 is 26.0. The molecule has 0 amide bonds. The van der Waals surface area contributed by atoms with Gasteiger partial charge < -0.3 is 5.32 Å². The van der Waals surface area contributed by atoms with E-state index in [1.807, 2.05) is 45.2 Å². The lowest BCUT2D eigenvalue weighted by atomic mass is 10.2. The molecule has 0 aliphatic heterocycles. The molecule has 0 unspecified atom stereocenters. The van der Waals surface area contributed by atoms with Crippen LogP contribution in [0.15, 0.2) is 24.3 Å². The maximum atomic E-state index is 12.2. The van der Waals surface area contributed by atoms with Crippen LogP contribution < -0.4 is 9.62 Å².